The van der Waals surface area contributed by atoms with E-state index < -0.39 is 6.04 Å². The molecule has 1 aromatic heterocycles. The third-order valence-corrected chi connectivity index (χ3v) is 5.25. The van der Waals surface area contributed by atoms with Gasteiger partial charge in [-0.05, 0) is 49.4 Å². The Hall–Kier alpha value is -2.55. The summed E-state index contributed by atoms with van der Waals surface area (Å²) in [6, 6.07) is 13.2. The van der Waals surface area contributed by atoms with Gasteiger partial charge in [-0.1, -0.05) is 41.0 Å². The van der Waals surface area contributed by atoms with Crippen LogP contribution in [0.3, 0.4) is 0 Å². The molecule has 2 aromatic carbocycles. The molecule has 0 radical (unpaired) electrons. The van der Waals surface area contributed by atoms with Crippen LogP contribution in [-0.4, -0.2) is 38.4 Å². The minimum absolute atomic E-state index is 0.0812. The topological polar surface area (TPSA) is 88.9 Å². The molecule has 1 heterocycles. The predicted molar refractivity (Wildman–Crippen MR) is 115 cm³/mol. The van der Waals surface area contributed by atoms with Crippen molar-refractivity contribution in [3.8, 4) is 5.69 Å². The number of rotatable bonds is 7. The van der Waals surface area contributed by atoms with Crippen molar-refractivity contribution < 1.29 is 9.59 Å². The van der Waals surface area contributed by atoms with Crippen LogP contribution in [0.15, 0.2) is 60.0 Å². The number of hydrogen-bond donors (Lipinski definition) is 2. The number of benzene rings is 2. The number of carbonyl (C=O) groups is 2. The molecular weight excluding hydrogens is 433 g/mol. The maximum absolute atomic E-state index is 12.2. The molecule has 0 spiro atoms. The zero-order valence-corrected chi connectivity index (χ0v) is 17.6. The lowest BCUT2D eigenvalue weighted by Crippen LogP contribution is -2.42. The summed E-state index contributed by atoms with van der Waals surface area (Å²) < 4.78 is 1.74. The van der Waals surface area contributed by atoms with Gasteiger partial charge >= 0.3 is 0 Å². The molecule has 7 nitrogen and oxygen atoms in total. The number of halogens is 2. The molecule has 0 aliphatic heterocycles. The molecule has 0 fully saturated rings. The summed E-state index contributed by atoms with van der Waals surface area (Å²) in [4.78, 5) is 24.5. The van der Waals surface area contributed by atoms with E-state index in [4.69, 9.17) is 23.2 Å². The lowest BCUT2D eigenvalue weighted by molar-refractivity contribution is -0.124. The predicted octanol–water partition coefficient (Wildman–Crippen LogP) is 3.81. The summed E-state index contributed by atoms with van der Waals surface area (Å²) in [5.41, 5.74) is 1.39. The van der Waals surface area contributed by atoms with E-state index in [0.29, 0.717) is 20.9 Å². The van der Waals surface area contributed by atoms with Gasteiger partial charge in [0.2, 0.25) is 11.8 Å². The molecular formula is C19H17Cl2N5O2S. The number of amides is 2. The number of hydrogen-bond acceptors (Lipinski definition) is 5. The lowest BCUT2D eigenvalue weighted by atomic mass is 10.2. The van der Waals surface area contributed by atoms with Crippen molar-refractivity contribution in [3.63, 3.8) is 0 Å². The summed E-state index contributed by atoms with van der Waals surface area (Å²) >= 11 is 13.1. The van der Waals surface area contributed by atoms with Gasteiger partial charge in [-0.3, -0.25) is 14.2 Å². The first-order valence-electron chi connectivity index (χ1n) is 8.57. The van der Waals surface area contributed by atoms with Gasteiger partial charge in [-0.15, -0.1) is 10.2 Å². The highest BCUT2D eigenvalue weighted by Crippen LogP contribution is 2.21. The number of nitrogens with zero attached hydrogens (tertiary/aromatic N) is 3. The summed E-state index contributed by atoms with van der Waals surface area (Å²) in [7, 11) is 0. The smallest absolute Gasteiger partial charge is 0.246 e. The van der Waals surface area contributed by atoms with Crippen molar-refractivity contribution in [2.24, 2.45) is 0 Å². The Morgan fingerprint density at radius 2 is 1.90 bits per heavy atom. The Bertz CT molecular complexity index is 1010. The van der Waals surface area contributed by atoms with E-state index in [1.165, 1.54) is 11.8 Å². The maximum Gasteiger partial charge on any atom is 0.246 e. The van der Waals surface area contributed by atoms with Crippen molar-refractivity contribution in [1.82, 2.24) is 20.1 Å². The summed E-state index contributed by atoms with van der Waals surface area (Å²) in [5.74, 6) is -0.542. The maximum atomic E-state index is 12.2. The highest BCUT2D eigenvalue weighted by Gasteiger charge is 2.17. The quantitative estimate of drug-likeness (QED) is 0.535. The van der Waals surface area contributed by atoms with Gasteiger partial charge in [0, 0.05) is 15.7 Å². The van der Waals surface area contributed by atoms with E-state index >= 15 is 0 Å². The summed E-state index contributed by atoms with van der Waals surface area (Å²) in [6.07, 6.45) is 1.55. The van der Waals surface area contributed by atoms with Gasteiger partial charge in [0.05, 0.1) is 11.4 Å². The molecule has 0 saturated heterocycles. The fourth-order valence-corrected chi connectivity index (χ4v) is 3.44. The highest BCUT2D eigenvalue weighted by atomic mass is 35.5. The SMILES string of the molecule is C[C@@H](NC(=O)CSc1nncn1-c1cccc(Cl)c1)C(=O)Nc1ccc(Cl)cc1. The number of aromatic nitrogens is 3. The molecule has 3 rings (SSSR count). The fraction of sp³-hybridized carbons (Fsp3) is 0.158. The van der Waals surface area contributed by atoms with Gasteiger partial charge < -0.3 is 10.6 Å². The molecule has 2 amide bonds. The Morgan fingerprint density at radius 1 is 1.14 bits per heavy atom. The van der Waals surface area contributed by atoms with Gasteiger partial charge in [-0.25, -0.2) is 0 Å². The lowest BCUT2D eigenvalue weighted by Gasteiger charge is -2.14. The largest absolute Gasteiger partial charge is 0.344 e. The Morgan fingerprint density at radius 3 is 2.62 bits per heavy atom. The van der Waals surface area contributed by atoms with Gasteiger partial charge in [-0.2, -0.15) is 0 Å². The second kappa shape index (κ2) is 9.78. The molecule has 0 bridgehead atoms. The van der Waals surface area contributed by atoms with Crippen molar-refractivity contribution >= 4 is 52.5 Å². The molecule has 0 aliphatic rings. The second-order valence-corrected chi connectivity index (χ2v) is 7.85. The summed E-state index contributed by atoms with van der Waals surface area (Å²) in [5, 5.41) is 15.0. The van der Waals surface area contributed by atoms with Crippen LogP contribution in [0.25, 0.3) is 5.69 Å². The van der Waals surface area contributed by atoms with Crippen LogP contribution in [0.4, 0.5) is 5.69 Å². The summed E-state index contributed by atoms with van der Waals surface area (Å²) in [6.45, 7) is 1.61. The third kappa shape index (κ3) is 5.96. The second-order valence-electron chi connectivity index (χ2n) is 6.04. The molecule has 3 aromatic rings. The van der Waals surface area contributed by atoms with Gasteiger partial charge in [0.25, 0.3) is 0 Å². The van der Waals surface area contributed by atoms with Crippen LogP contribution in [0, 0.1) is 0 Å². The first-order valence-corrected chi connectivity index (χ1v) is 10.3. The van der Waals surface area contributed by atoms with Crippen LogP contribution in [0.5, 0.6) is 0 Å². The van der Waals surface area contributed by atoms with Gasteiger partial charge in [0.1, 0.15) is 12.4 Å². The molecule has 0 saturated carbocycles. The van der Waals surface area contributed by atoms with E-state index in [1.807, 2.05) is 12.1 Å². The molecule has 10 heteroatoms. The molecule has 150 valence electrons. The van der Waals surface area contributed by atoms with E-state index in [-0.39, 0.29) is 17.6 Å². The minimum atomic E-state index is -0.704. The van der Waals surface area contributed by atoms with Gasteiger partial charge in [0.15, 0.2) is 5.16 Å². The van der Waals surface area contributed by atoms with Crippen LogP contribution >= 0.6 is 35.0 Å². The monoisotopic (exact) mass is 449 g/mol. The zero-order valence-electron chi connectivity index (χ0n) is 15.3. The standard InChI is InChI=1S/C19H17Cl2N5O2S/c1-12(18(28)24-15-7-5-13(20)6-8-15)23-17(27)10-29-19-25-22-11-26(19)16-4-2-3-14(21)9-16/h2-9,11-12H,10H2,1H3,(H,23,27)(H,24,28)/t12-/m1/s1. The number of thioether (sulfide) groups is 1. The molecule has 1 atom stereocenters. The van der Waals surface area contributed by atoms with E-state index in [9.17, 15) is 9.59 Å². The normalized spacial score (nSPS) is 11.7. The fourth-order valence-electron chi connectivity index (χ4n) is 2.39. The van der Waals surface area contributed by atoms with E-state index in [2.05, 4.69) is 20.8 Å². The van der Waals surface area contributed by atoms with Crippen LogP contribution in [-0.2, 0) is 9.59 Å². The van der Waals surface area contributed by atoms with E-state index in [0.717, 1.165) is 5.69 Å². The molecule has 2 N–H and O–H groups in total. The third-order valence-electron chi connectivity index (χ3n) is 3.82. The minimum Gasteiger partial charge on any atom is -0.344 e. The average molecular weight is 450 g/mol. The van der Waals surface area contributed by atoms with Crippen LogP contribution < -0.4 is 10.6 Å². The molecule has 0 unspecified atom stereocenters. The highest BCUT2D eigenvalue weighted by molar-refractivity contribution is 7.99. The number of anilines is 1. The number of nitrogens with one attached hydrogen (secondary N) is 2. The van der Waals surface area contributed by atoms with Crippen molar-refractivity contribution in [1.29, 1.82) is 0 Å². The zero-order chi connectivity index (χ0) is 20.8. The first kappa shape index (κ1) is 21.2. The number of carbonyl (C=O) groups excluding carboxylic acids is 2. The van der Waals surface area contributed by atoms with Crippen LogP contribution in [0.1, 0.15) is 6.92 Å². The van der Waals surface area contributed by atoms with E-state index in [1.54, 1.807) is 54.2 Å². The molecule has 29 heavy (non-hydrogen) atoms. The molecule has 0 aliphatic carbocycles. The van der Waals surface area contributed by atoms with Crippen molar-refractivity contribution in [3.05, 3.63) is 64.9 Å². The first-order chi connectivity index (χ1) is 13.9. The Labute approximate surface area is 181 Å². The van der Waals surface area contributed by atoms with Crippen molar-refractivity contribution in [2.45, 2.75) is 18.1 Å². The Kier molecular flexibility index (Phi) is 7.13. The Balaban J connectivity index is 1.53. The average Bonchev–Trinajstić information content (AvgIpc) is 3.17. The van der Waals surface area contributed by atoms with Crippen LogP contribution in [0.2, 0.25) is 10.0 Å². The van der Waals surface area contributed by atoms with Crippen molar-refractivity contribution in [2.75, 3.05) is 11.1 Å².